The van der Waals surface area contributed by atoms with Gasteiger partial charge in [-0.2, -0.15) is 0 Å². The maximum absolute atomic E-state index is 12.9. The SMILES string of the molecule is CCCCC/C=C\C/C=C\C/C=C\CCCCCCCCCOCC(COP(=O)(O)OC1C(O)C(O)C(O)C(O)C1O)OC(=O)CCCCCCCCCCCCCCCCCCCCCCC. The highest BCUT2D eigenvalue weighted by atomic mass is 31.2. The zero-order valence-corrected chi connectivity index (χ0v) is 44.1. The summed E-state index contributed by atoms with van der Waals surface area (Å²) in [6, 6.07) is 0. The number of rotatable bonds is 48. The number of unbranched alkanes of at least 4 members (excludes halogenated alkanes) is 30. The molecule has 0 radical (unpaired) electrons. The highest BCUT2D eigenvalue weighted by Crippen LogP contribution is 2.47. The van der Waals surface area contributed by atoms with E-state index >= 15 is 0 Å². The molecule has 13 heteroatoms. The van der Waals surface area contributed by atoms with Gasteiger partial charge >= 0.3 is 13.8 Å². The molecular formula is C55H103O12P. The maximum Gasteiger partial charge on any atom is 0.472 e. The summed E-state index contributed by atoms with van der Waals surface area (Å²) >= 11 is 0. The van der Waals surface area contributed by atoms with Crippen LogP contribution in [0.2, 0.25) is 0 Å². The number of carbonyl (C=O) groups is 1. The summed E-state index contributed by atoms with van der Waals surface area (Å²) < 4.78 is 34.4. The molecule has 400 valence electrons. The van der Waals surface area contributed by atoms with Crippen LogP contribution in [0.1, 0.15) is 245 Å². The third kappa shape index (κ3) is 36.5. The molecule has 1 aliphatic carbocycles. The highest BCUT2D eigenvalue weighted by Gasteiger charge is 2.51. The second-order valence-electron chi connectivity index (χ2n) is 19.4. The van der Waals surface area contributed by atoms with Gasteiger partial charge in [-0.1, -0.05) is 224 Å². The topological polar surface area (TPSA) is 192 Å². The smallest absolute Gasteiger partial charge is 0.457 e. The van der Waals surface area contributed by atoms with Gasteiger partial charge in [0.05, 0.1) is 13.2 Å². The molecule has 6 unspecified atom stereocenters. The maximum atomic E-state index is 12.9. The third-order valence-electron chi connectivity index (χ3n) is 13.0. The standard InChI is InChI=1S/C55H103O12P/c1-3-5-7-9-11-13-15-17-19-21-23-25-26-28-30-32-34-36-38-40-42-44-49(56)66-48(47-65-68(62,63)67-55-53(60)51(58)50(57)52(59)54(55)61)46-64-45-43-41-39-37-35-33-31-29-27-24-22-20-18-16-14-12-10-8-6-4-2/h12,14,18,20,24,27,48,50-55,57-61H,3-11,13,15-17,19,21-23,25-26,28-47H2,1-2H3,(H,62,63)/b14-12-,20-18-,27-24-. The van der Waals surface area contributed by atoms with Crippen LogP contribution in [-0.4, -0.2) is 98.9 Å². The Kier molecular flexibility index (Phi) is 43.1. The van der Waals surface area contributed by atoms with Crippen molar-refractivity contribution < 1.29 is 58.3 Å². The number of hydrogen-bond donors (Lipinski definition) is 6. The molecular weight excluding hydrogens is 884 g/mol. The summed E-state index contributed by atoms with van der Waals surface area (Å²) in [5, 5.41) is 50.4. The van der Waals surface area contributed by atoms with Crippen LogP contribution in [0.5, 0.6) is 0 Å². The van der Waals surface area contributed by atoms with Crippen molar-refractivity contribution in [3.8, 4) is 0 Å². The van der Waals surface area contributed by atoms with E-state index in [1.807, 2.05) is 0 Å². The zero-order valence-electron chi connectivity index (χ0n) is 43.2. The van der Waals surface area contributed by atoms with Gasteiger partial charge in [-0.3, -0.25) is 13.8 Å². The fraction of sp³-hybridized carbons (Fsp3) is 0.873. The zero-order chi connectivity index (χ0) is 49.8. The van der Waals surface area contributed by atoms with Crippen molar-refractivity contribution >= 4 is 13.8 Å². The number of ether oxygens (including phenoxy) is 2. The molecule has 1 saturated carbocycles. The van der Waals surface area contributed by atoms with E-state index in [4.69, 9.17) is 18.5 Å². The molecule has 12 nitrogen and oxygen atoms in total. The number of carbonyl (C=O) groups excluding carboxylic acids is 1. The van der Waals surface area contributed by atoms with Crippen molar-refractivity contribution in [3.05, 3.63) is 36.5 Å². The van der Waals surface area contributed by atoms with E-state index in [-0.39, 0.29) is 13.0 Å². The minimum Gasteiger partial charge on any atom is -0.457 e. The Morgan fingerprint density at radius 2 is 0.824 bits per heavy atom. The van der Waals surface area contributed by atoms with Crippen molar-refractivity contribution in [3.63, 3.8) is 0 Å². The van der Waals surface area contributed by atoms with Gasteiger partial charge in [-0.15, -0.1) is 0 Å². The van der Waals surface area contributed by atoms with Crippen molar-refractivity contribution in [1.29, 1.82) is 0 Å². The van der Waals surface area contributed by atoms with E-state index in [1.54, 1.807) is 0 Å². The number of phosphoric ester groups is 1. The lowest BCUT2D eigenvalue weighted by molar-refractivity contribution is -0.220. The average molecular weight is 987 g/mol. The number of allylic oxidation sites excluding steroid dienone is 6. The lowest BCUT2D eigenvalue weighted by Gasteiger charge is -2.41. The highest BCUT2D eigenvalue weighted by molar-refractivity contribution is 7.47. The molecule has 0 aromatic carbocycles. The first kappa shape index (κ1) is 64.6. The summed E-state index contributed by atoms with van der Waals surface area (Å²) in [5.41, 5.74) is 0. The predicted octanol–water partition coefficient (Wildman–Crippen LogP) is 13.0. The number of aliphatic hydroxyl groups excluding tert-OH is 5. The van der Waals surface area contributed by atoms with E-state index < -0.39 is 63.1 Å². The van der Waals surface area contributed by atoms with E-state index in [2.05, 4.69) is 50.3 Å². The molecule has 1 rings (SSSR count). The summed E-state index contributed by atoms with van der Waals surface area (Å²) in [4.78, 5) is 23.3. The quantitative estimate of drug-likeness (QED) is 0.0147. The lowest BCUT2D eigenvalue weighted by Crippen LogP contribution is -2.64. The minimum atomic E-state index is -5.03. The van der Waals surface area contributed by atoms with Crippen LogP contribution in [-0.2, 0) is 27.9 Å². The first-order chi connectivity index (χ1) is 33.0. The van der Waals surface area contributed by atoms with Gasteiger partial charge in [0.1, 0.15) is 42.7 Å². The number of phosphoric acid groups is 1. The van der Waals surface area contributed by atoms with E-state index in [9.17, 15) is 39.8 Å². The van der Waals surface area contributed by atoms with Gasteiger partial charge in [0.2, 0.25) is 0 Å². The second kappa shape index (κ2) is 45.4. The van der Waals surface area contributed by atoms with Gasteiger partial charge in [-0.05, 0) is 51.4 Å². The Labute approximate surface area is 414 Å². The Morgan fingerprint density at radius 1 is 0.471 bits per heavy atom. The lowest BCUT2D eigenvalue weighted by atomic mass is 9.85. The summed E-state index contributed by atoms with van der Waals surface area (Å²) in [7, 11) is -5.03. The fourth-order valence-corrected chi connectivity index (χ4v) is 9.57. The number of aliphatic hydroxyl groups is 5. The molecule has 1 aliphatic rings. The first-order valence-electron chi connectivity index (χ1n) is 27.8. The van der Waals surface area contributed by atoms with Crippen LogP contribution >= 0.6 is 7.82 Å². The second-order valence-corrected chi connectivity index (χ2v) is 20.8. The van der Waals surface area contributed by atoms with Gasteiger partial charge in [0.15, 0.2) is 0 Å². The van der Waals surface area contributed by atoms with Gasteiger partial charge in [-0.25, -0.2) is 4.57 Å². The summed E-state index contributed by atoms with van der Waals surface area (Å²) in [6.45, 7) is 4.26. The minimum absolute atomic E-state index is 0.0805. The fourth-order valence-electron chi connectivity index (χ4n) is 8.60. The van der Waals surface area contributed by atoms with Gasteiger partial charge < -0.3 is 39.9 Å². The summed E-state index contributed by atoms with van der Waals surface area (Å²) in [6.07, 6.45) is 43.5. The first-order valence-corrected chi connectivity index (χ1v) is 29.3. The molecule has 0 aliphatic heterocycles. The third-order valence-corrected chi connectivity index (χ3v) is 14.0. The van der Waals surface area contributed by atoms with Crippen LogP contribution in [0, 0.1) is 0 Å². The Morgan fingerprint density at radius 3 is 1.28 bits per heavy atom. The molecule has 0 aromatic rings. The van der Waals surface area contributed by atoms with Crippen LogP contribution in [0.15, 0.2) is 36.5 Å². The van der Waals surface area contributed by atoms with E-state index in [0.29, 0.717) is 13.0 Å². The average Bonchev–Trinajstić information content (AvgIpc) is 3.32. The molecule has 0 amide bonds. The normalized spacial score (nSPS) is 21.4. The predicted molar refractivity (Wildman–Crippen MR) is 276 cm³/mol. The van der Waals surface area contributed by atoms with Crippen LogP contribution in [0.4, 0.5) is 0 Å². The number of esters is 1. The Balaban J connectivity index is 2.31. The molecule has 68 heavy (non-hydrogen) atoms. The van der Waals surface area contributed by atoms with Gasteiger partial charge in [0.25, 0.3) is 0 Å². The number of hydrogen-bond acceptors (Lipinski definition) is 11. The molecule has 0 aromatic heterocycles. The Hall–Kier alpha value is -1.44. The Bertz CT molecular complexity index is 1260. The molecule has 0 bridgehead atoms. The van der Waals surface area contributed by atoms with E-state index in [1.165, 1.54) is 154 Å². The molecule has 0 spiro atoms. The van der Waals surface area contributed by atoms with Crippen LogP contribution in [0.25, 0.3) is 0 Å². The van der Waals surface area contributed by atoms with E-state index in [0.717, 1.165) is 64.2 Å². The van der Waals surface area contributed by atoms with Crippen LogP contribution in [0.3, 0.4) is 0 Å². The van der Waals surface area contributed by atoms with Crippen molar-refractivity contribution in [2.45, 2.75) is 288 Å². The molecule has 0 saturated heterocycles. The summed E-state index contributed by atoms with van der Waals surface area (Å²) in [5.74, 6) is -0.476. The van der Waals surface area contributed by atoms with Crippen molar-refractivity contribution in [2.75, 3.05) is 19.8 Å². The largest absolute Gasteiger partial charge is 0.472 e. The van der Waals surface area contributed by atoms with Crippen molar-refractivity contribution in [1.82, 2.24) is 0 Å². The van der Waals surface area contributed by atoms with Crippen molar-refractivity contribution in [2.24, 2.45) is 0 Å². The molecule has 6 N–H and O–H groups in total. The van der Waals surface area contributed by atoms with Crippen LogP contribution < -0.4 is 0 Å². The monoisotopic (exact) mass is 987 g/mol. The van der Waals surface area contributed by atoms with Gasteiger partial charge in [0, 0.05) is 13.0 Å². The molecule has 0 heterocycles. The molecule has 1 fully saturated rings. The molecule has 6 atom stereocenters.